The molecule has 1 saturated heterocycles. The molecule has 28 heavy (non-hydrogen) atoms. The van der Waals surface area contributed by atoms with Crippen LogP contribution in [0, 0.1) is 0 Å². The highest BCUT2D eigenvalue weighted by molar-refractivity contribution is 7.94. The normalized spacial score (nSPS) is 24.3. The molecule has 1 aromatic heterocycles. The number of hydrogen-bond donors (Lipinski definition) is 3. The zero-order valence-electron chi connectivity index (χ0n) is 16.1. The summed E-state index contributed by atoms with van der Waals surface area (Å²) in [5, 5.41) is 7.42. The molecule has 0 radical (unpaired) electrons. The Kier molecular flexibility index (Phi) is 6.02. The molecule has 156 valence electrons. The van der Waals surface area contributed by atoms with E-state index in [1.165, 1.54) is 5.41 Å². The van der Waals surface area contributed by atoms with Gasteiger partial charge in [0.2, 0.25) is 0 Å². The zero-order valence-corrected chi connectivity index (χ0v) is 16.9. The Morgan fingerprint density at radius 3 is 2.54 bits per heavy atom. The Labute approximate surface area is 169 Å². The first-order valence-corrected chi connectivity index (χ1v) is 11.0. The fourth-order valence-corrected chi connectivity index (χ4v) is 4.40. The average molecular weight is 410 g/mol. The van der Waals surface area contributed by atoms with E-state index in [0.717, 1.165) is 16.9 Å². The van der Waals surface area contributed by atoms with Crippen LogP contribution in [0.2, 0.25) is 0 Å². The summed E-state index contributed by atoms with van der Waals surface area (Å²) in [4.78, 5) is 15.5. The van der Waals surface area contributed by atoms with Crippen molar-refractivity contribution in [3.63, 3.8) is 0 Å². The standard InChI is InChI=1S/C18H19N3O4S.C2H6.3H2/c1-19-14-9-13(17(22)21-15(14)11-5-3-2-4-6-11)16-18(25-16)20-12-7-8-26(23,24)10-12;1-2;;;/h2-9,12,16,18-20H,10H2,1H3,(H,21,22);1-2H3;3*1H. The maximum atomic E-state index is 12.5. The molecule has 8 heteroatoms. The quantitative estimate of drug-likeness (QED) is 0.656. The molecule has 0 amide bonds. The van der Waals surface area contributed by atoms with Gasteiger partial charge in [-0.3, -0.25) is 10.1 Å². The van der Waals surface area contributed by atoms with Crippen LogP contribution in [0.25, 0.3) is 11.3 Å². The van der Waals surface area contributed by atoms with Gasteiger partial charge in [0.1, 0.15) is 12.3 Å². The van der Waals surface area contributed by atoms with Crippen molar-refractivity contribution in [2.75, 3.05) is 18.1 Å². The third-order valence-electron chi connectivity index (χ3n) is 4.51. The minimum Gasteiger partial charge on any atom is -0.386 e. The van der Waals surface area contributed by atoms with E-state index in [2.05, 4.69) is 15.6 Å². The number of aromatic nitrogens is 1. The maximum Gasteiger partial charge on any atom is 0.254 e. The van der Waals surface area contributed by atoms with Gasteiger partial charge in [-0.05, 0) is 6.07 Å². The summed E-state index contributed by atoms with van der Waals surface area (Å²) < 4.78 is 28.5. The van der Waals surface area contributed by atoms with Crippen molar-refractivity contribution in [3.05, 3.63) is 63.8 Å². The van der Waals surface area contributed by atoms with E-state index < -0.39 is 15.9 Å². The van der Waals surface area contributed by atoms with Crippen molar-refractivity contribution in [2.24, 2.45) is 0 Å². The van der Waals surface area contributed by atoms with Crippen LogP contribution in [-0.4, -0.2) is 38.5 Å². The second-order valence-electron chi connectivity index (χ2n) is 6.37. The molecule has 2 aromatic rings. The van der Waals surface area contributed by atoms with Crippen molar-refractivity contribution in [1.82, 2.24) is 10.3 Å². The summed E-state index contributed by atoms with van der Waals surface area (Å²) >= 11 is 0. The second-order valence-corrected chi connectivity index (χ2v) is 8.30. The van der Waals surface area contributed by atoms with Crippen LogP contribution in [-0.2, 0) is 14.6 Å². The summed E-state index contributed by atoms with van der Waals surface area (Å²) in [6.45, 7) is 4.00. The lowest BCUT2D eigenvalue weighted by Gasteiger charge is -2.11. The highest BCUT2D eigenvalue weighted by atomic mass is 32.2. The molecule has 3 N–H and O–H groups in total. The second kappa shape index (κ2) is 8.30. The molecule has 4 rings (SSSR count). The van der Waals surface area contributed by atoms with Crippen molar-refractivity contribution in [3.8, 4) is 11.3 Å². The van der Waals surface area contributed by atoms with Gasteiger partial charge in [0, 0.05) is 28.3 Å². The lowest BCUT2D eigenvalue weighted by atomic mass is 10.1. The number of nitrogens with one attached hydrogen (secondary N) is 3. The van der Waals surface area contributed by atoms with Gasteiger partial charge in [-0.2, -0.15) is 0 Å². The number of aromatic amines is 1. The van der Waals surface area contributed by atoms with Crippen LogP contribution in [0.15, 0.2) is 52.7 Å². The van der Waals surface area contributed by atoms with E-state index >= 15 is 0 Å². The molecule has 1 aromatic carbocycles. The summed E-state index contributed by atoms with van der Waals surface area (Å²) in [7, 11) is -1.33. The lowest BCUT2D eigenvalue weighted by Crippen LogP contribution is -2.33. The number of ether oxygens (including phenoxy) is 1. The molecule has 0 aliphatic carbocycles. The number of anilines is 1. The SMILES string of the molecule is CC.CNc1cc(C2OC2NC2C=CS(=O)(=O)C2)c(=O)[nH]c1-c1ccccc1.[HH].[HH].[HH]. The summed E-state index contributed by atoms with van der Waals surface area (Å²) in [5.74, 6) is 0.0185. The van der Waals surface area contributed by atoms with Gasteiger partial charge in [0.25, 0.3) is 5.56 Å². The first-order valence-electron chi connectivity index (χ1n) is 9.30. The Bertz CT molecular complexity index is 1030. The molecule has 7 nitrogen and oxygen atoms in total. The fraction of sp³-hybridized carbons (Fsp3) is 0.350. The molecule has 3 heterocycles. The molecule has 1 fully saturated rings. The van der Waals surface area contributed by atoms with Crippen molar-refractivity contribution < 1.29 is 17.4 Å². The Morgan fingerprint density at radius 2 is 1.93 bits per heavy atom. The number of sulfone groups is 1. The van der Waals surface area contributed by atoms with E-state index in [9.17, 15) is 13.2 Å². The molecule has 0 saturated carbocycles. The molecule has 2 aliphatic rings. The van der Waals surface area contributed by atoms with E-state index in [1.54, 1.807) is 19.2 Å². The molecule has 0 bridgehead atoms. The van der Waals surface area contributed by atoms with Crippen molar-refractivity contribution in [2.45, 2.75) is 32.2 Å². The molecular formula is C20H31N3O4S. The van der Waals surface area contributed by atoms with E-state index in [0.29, 0.717) is 5.56 Å². The highest BCUT2D eigenvalue weighted by Gasteiger charge is 2.44. The lowest BCUT2D eigenvalue weighted by molar-refractivity contribution is 0.340. The number of benzene rings is 1. The third-order valence-corrected chi connectivity index (χ3v) is 5.90. The fourth-order valence-electron chi connectivity index (χ4n) is 3.15. The molecule has 0 spiro atoms. The van der Waals surface area contributed by atoms with E-state index in [-0.39, 0.29) is 27.9 Å². The summed E-state index contributed by atoms with van der Waals surface area (Å²) in [6.07, 6.45) is 0.842. The largest absolute Gasteiger partial charge is 0.386 e. The first-order chi connectivity index (χ1) is 13.5. The zero-order chi connectivity index (χ0) is 20.3. The molecular weight excluding hydrogens is 378 g/mol. The Morgan fingerprint density at radius 1 is 1.21 bits per heavy atom. The van der Waals surface area contributed by atoms with Gasteiger partial charge in [0.05, 0.1) is 22.7 Å². The number of epoxide rings is 1. The monoisotopic (exact) mass is 409 g/mol. The predicted molar refractivity (Wildman–Crippen MR) is 117 cm³/mol. The number of pyridine rings is 1. The molecule has 3 atom stereocenters. The van der Waals surface area contributed by atoms with Crippen molar-refractivity contribution >= 4 is 15.5 Å². The van der Waals surface area contributed by atoms with E-state index in [4.69, 9.17) is 4.74 Å². The van der Waals surface area contributed by atoms with Crippen LogP contribution >= 0.6 is 0 Å². The Hall–Kier alpha value is -2.42. The van der Waals surface area contributed by atoms with Crippen molar-refractivity contribution in [1.29, 1.82) is 0 Å². The smallest absolute Gasteiger partial charge is 0.254 e. The molecule has 3 unspecified atom stereocenters. The van der Waals surface area contributed by atoms with Gasteiger partial charge in [0.15, 0.2) is 9.84 Å². The van der Waals surface area contributed by atoms with Crippen LogP contribution in [0.4, 0.5) is 5.69 Å². The maximum absolute atomic E-state index is 12.5. The summed E-state index contributed by atoms with van der Waals surface area (Å²) in [5.41, 5.74) is 2.72. The molecule has 2 aliphatic heterocycles. The topological polar surface area (TPSA) is 104 Å². The van der Waals surface area contributed by atoms with Crippen LogP contribution in [0.3, 0.4) is 0 Å². The average Bonchev–Trinajstić information content (AvgIpc) is 3.37. The van der Waals surface area contributed by atoms with Gasteiger partial charge in [-0.25, -0.2) is 8.42 Å². The van der Waals surface area contributed by atoms with Crippen LogP contribution < -0.4 is 16.2 Å². The number of H-pyrrole nitrogens is 1. The third kappa shape index (κ3) is 4.35. The minimum atomic E-state index is -3.13. The van der Waals surface area contributed by atoms with Gasteiger partial charge in [-0.1, -0.05) is 50.3 Å². The van der Waals surface area contributed by atoms with Gasteiger partial charge >= 0.3 is 0 Å². The number of hydrogen-bond acceptors (Lipinski definition) is 6. The Balaban J connectivity index is 0.00000175. The van der Waals surface area contributed by atoms with Crippen LogP contribution in [0.1, 0.15) is 29.8 Å². The van der Waals surface area contributed by atoms with Gasteiger partial charge in [-0.15, -0.1) is 0 Å². The summed E-state index contributed by atoms with van der Waals surface area (Å²) in [6, 6.07) is 11.1. The highest BCUT2D eigenvalue weighted by Crippen LogP contribution is 2.38. The first kappa shape index (κ1) is 20.3. The van der Waals surface area contributed by atoms with Crippen LogP contribution in [0.5, 0.6) is 0 Å². The minimum absolute atomic E-state index is 0. The number of rotatable bonds is 5. The van der Waals surface area contributed by atoms with Gasteiger partial charge < -0.3 is 15.0 Å². The van der Waals surface area contributed by atoms with E-state index in [1.807, 2.05) is 44.2 Å². The predicted octanol–water partition coefficient (Wildman–Crippen LogP) is 3.15.